The zero-order valence-corrected chi connectivity index (χ0v) is 11.3. The van der Waals surface area contributed by atoms with Gasteiger partial charge >= 0.3 is 0 Å². The van der Waals surface area contributed by atoms with Crippen LogP contribution in [0.5, 0.6) is 5.75 Å². The Balaban J connectivity index is 1.78. The van der Waals surface area contributed by atoms with Gasteiger partial charge in [0, 0.05) is 0 Å². The van der Waals surface area contributed by atoms with Crippen LogP contribution in [0.2, 0.25) is 0 Å². The van der Waals surface area contributed by atoms with Crippen molar-refractivity contribution in [1.82, 2.24) is 0 Å². The molecule has 1 aromatic carbocycles. The van der Waals surface area contributed by atoms with Crippen LogP contribution in [0.1, 0.15) is 44.1 Å². The van der Waals surface area contributed by atoms with E-state index in [1.54, 1.807) is 7.11 Å². The maximum absolute atomic E-state index is 10.2. The minimum absolute atomic E-state index is 0.118. The monoisotopic (exact) mass is 248 g/mol. The molecule has 18 heavy (non-hydrogen) atoms. The molecule has 1 saturated carbocycles. The second-order valence-electron chi connectivity index (χ2n) is 5.35. The molecule has 0 amide bonds. The number of benzene rings is 1. The lowest BCUT2D eigenvalue weighted by Gasteiger charge is -2.26. The van der Waals surface area contributed by atoms with Crippen LogP contribution in [0.15, 0.2) is 24.3 Å². The van der Waals surface area contributed by atoms with Gasteiger partial charge in [0.15, 0.2) is 0 Å². The summed E-state index contributed by atoms with van der Waals surface area (Å²) >= 11 is 0. The number of ether oxygens (including phenoxy) is 1. The molecule has 1 aliphatic carbocycles. The van der Waals surface area contributed by atoms with E-state index in [9.17, 15) is 5.11 Å². The lowest BCUT2D eigenvalue weighted by molar-refractivity contribution is 0.0775. The Bertz CT molecular complexity index is 339. The summed E-state index contributed by atoms with van der Waals surface area (Å²) in [6, 6.07) is 8.16. The predicted octanol–water partition coefficient (Wildman–Crippen LogP) is 3.57. The molecule has 1 aliphatic rings. The Morgan fingerprint density at radius 3 is 2.44 bits per heavy atom. The van der Waals surface area contributed by atoms with E-state index in [4.69, 9.17) is 4.74 Å². The zero-order valence-electron chi connectivity index (χ0n) is 11.3. The van der Waals surface area contributed by atoms with E-state index in [0.717, 1.165) is 18.6 Å². The molecule has 0 spiro atoms. The van der Waals surface area contributed by atoms with Crippen LogP contribution in [0.3, 0.4) is 0 Å². The van der Waals surface area contributed by atoms with Gasteiger partial charge < -0.3 is 9.84 Å². The molecule has 0 bridgehead atoms. The molecule has 2 heteroatoms. The summed E-state index contributed by atoms with van der Waals surface area (Å²) < 4.78 is 5.14. The summed E-state index contributed by atoms with van der Waals surface area (Å²) in [6.07, 6.45) is 8.09. The molecule has 2 rings (SSSR count). The first-order valence-corrected chi connectivity index (χ1v) is 7.10. The minimum atomic E-state index is -0.118. The van der Waals surface area contributed by atoms with Gasteiger partial charge in [0.1, 0.15) is 5.75 Å². The van der Waals surface area contributed by atoms with E-state index in [2.05, 4.69) is 12.1 Å². The Labute approximate surface area is 110 Å². The standard InChI is InChI=1S/C16H24O2/c1-18-15-10-7-13(8-11-15)9-12-16(17)14-5-3-2-4-6-14/h7-8,10-11,14,16-17H,2-6,9,12H2,1H3. The van der Waals surface area contributed by atoms with Gasteiger partial charge in [-0.05, 0) is 49.3 Å². The highest BCUT2D eigenvalue weighted by atomic mass is 16.5. The predicted molar refractivity (Wildman–Crippen MR) is 73.9 cm³/mol. The summed E-state index contributed by atoms with van der Waals surface area (Å²) in [6.45, 7) is 0. The van der Waals surface area contributed by atoms with Crippen molar-refractivity contribution >= 4 is 0 Å². The molecule has 1 atom stereocenters. The molecule has 1 aromatic rings. The molecule has 1 unspecified atom stereocenters. The van der Waals surface area contributed by atoms with Crippen LogP contribution in [0, 0.1) is 5.92 Å². The first kappa shape index (κ1) is 13.4. The molecular formula is C16H24O2. The van der Waals surface area contributed by atoms with Gasteiger partial charge in [0.25, 0.3) is 0 Å². The van der Waals surface area contributed by atoms with E-state index in [-0.39, 0.29) is 6.10 Å². The Morgan fingerprint density at radius 1 is 1.17 bits per heavy atom. The fraction of sp³-hybridized carbons (Fsp3) is 0.625. The Hall–Kier alpha value is -1.02. The fourth-order valence-corrected chi connectivity index (χ4v) is 2.86. The number of hydrogen-bond donors (Lipinski definition) is 1. The number of aliphatic hydroxyl groups is 1. The first-order valence-electron chi connectivity index (χ1n) is 7.10. The van der Waals surface area contributed by atoms with Gasteiger partial charge in [0.05, 0.1) is 13.2 Å². The first-order chi connectivity index (χ1) is 8.79. The van der Waals surface area contributed by atoms with Crippen LogP contribution >= 0.6 is 0 Å². The molecule has 0 aromatic heterocycles. The van der Waals surface area contributed by atoms with E-state index in [0.29, 0.717) is 5.92 Å². The summed E-state index contributed by atoms with van der Waals surface area (Å²) in [4.78, 5) is 0. The van der Waals surface area contributed by atoms with Crippen LogP contribution in [0.25, 0.3) is 0 Å². The number of aliphatic hydroxyl groups excluding tert-OH is 1. The van der Waals surface area contributed by atoms with Gasteiger partial charge in [-0.2, -0.15) is 0 Å². The summed E-state index contributed by atoms with van der Waals surface area (Å²) in [7, 11) is 1.68. The third-order valence-electron chi connectivity index (χ3n) is 4.08. The maximum Gasteiger partial charge on any atom is 0.118 e. The fourth-order valence-electron chi connectivity index (χ4n) is 2.86. The second kappa shape index (κ2) is 6.79. The average Bonchev–Trinajstić information content (AvgIpc) is 2.46. The third kappa shape index (κ3) is 3.74. The molecular weight excluding hydrogens is 224 g/mol. The van der Waals surface area contributed by atoms with E-state index >= 15 is 0 Å². The molecule has 100 valence electrons. The number of methoxy groups -OCH3 is 1. The summed E-state index contributed by atoms with van der Waals surface area (Å²) in [5.74, 6) is 1.43. The van der Waals surface area contributed by atoms with Crippen molar-refractivity contribution in [3.63, 3.8) is 0 Å². The van der Waals surface area contributed by atoms with Gasteiger partial charge in [0.2, 0.25) is 0 Å². The quantitative estimate of drug-likeness (QED) is 0.863. The minimum Gasteiger partial charge on any atom is -0.497 e. The molecule has 0 heterocycles. The summed E-state index contributed by atoms with van der Waals surface area (Å²) in [5.41, 5.74) is 1.28. The van der Waals surface area contributed by atoms with Crippen molar-refractivity contribution in [2.24, 2.45) is 5.92 Å². The molecule has 0 aliphatic heterocycles. The van der Waals surface area contributed by atoms with Crippen molar-refractivity contribution in [1.29, 1.82) is 0 Å². The van der Waals surface area contributed by atoms with Crippen LogP contribution in [-0.4, -0.2) is 18.3 Å². The molecule has 1 N–H and O–H groups in total. The number of rotatable bonds is 5. The SMILES string of the molecule is COc1ccc(CCC(O)C2CCCCC2)cc1. The van der Waals surface area contributed by atoms with Crippen molar-refractivity contribution in [2.75, 3.05) is 7.11 Å². The Kier molecular flexibility index (Phi) is 5.06. The van der Waals surface area contributed by atoms with Crippen molar-refractivity contribution in [3.8, 4) is 5.75 Å². The highest BCUT2D eigenvalue weighted by Gasteiger charge is 2.21. The normalized spacial score (nSPS) is 18.6. The Morgan fingerprint density at radius 2 is 1.83 bits per heavy atom. The van der Waals surface area contributed by atoms with Crippen molar-refractivity contribution in [2.45, 2.75) is 51.0 Å². The lowest BCUT2D eigenvalue weighted by Crippen LogP contribution is -2.23. The van der Waals surface area contributed by atoms with E-state index < -0.39 is 0 Å². The lowest BCUT2D eigenvalue weighted by atomic mass is 9.83. The van der Waals surface area contributed by atoms with Crippen LogP contribution < -0.4 is 4.74 Å². The largest absolute Gasteiger partial charge is 0.497 e. The van der Waals surface area contributed by atoms with Crippen molar-refractivity contribution in [3.05, 3.63) is 29.8 Å². The van der Waals surface area contributed by atoms with Crippen LogP contribution in [0.4, 0.5) is 0 Å². The molecule has 0 radical (unpaired) electrons. The van der Waals surface area contributed by atoms with Crippen molar-refractivity contribution < 1.29 is 9.84 Å². The van der Waals surface area contributed by atoms with Crippen LogP contribution in [-0.2, 0) is 6.42 Å². The highest BCUT2D eigenvalue weighted by molar-refractivity contribution is 5.27. The summed E-state index contributed by atoms with van der Waals surface area (Å²) in [5, 5.41) is 10.2. The average molecular weight is 248 g/mol. The molecule has 1 fully saturated rings. The zero-order chi connectivity index (χ0) is 12.8. The van der Waals surface area contributed by atoms with E-state index in [1.165, 1.54) is 37.7 Å². The van der Waals surface area contributed by atoms with Gasteiger partial charge in [-0.1, -0.05) is 31.4 Å². The molecule has 0 saturated heterocycles. The molecule has 2 nitrogen and oxygen atoms in total. The van der Waals surface area contributed by atoms with Gasteiger partial charge in [-0.25, -0.2) is 0 Å². The second-order valence-corrected chi connectivity index (χ2v) is 5.35. The van der Waals surface area contributed by atoms with Gasteiger partial charge in [-0.3, -0.25) is 0 Å². The number of aryl methyl sites for hydroxylation is 1. The topological polar surface area (TPSA) is 29.5 Å². The number of hydrogen-bond acceptors (Lipinski definition) is 2. The van der Waals surface area contributed by atoms with Gasteiger partial charge in [-0.15, -0.1) is 0 Å². The third-order valence-corrected chi connectivity index (χ3v) is 4.08. The highest BCUT2D eigenvalue weighted by Crippen LogP contribution is 2.28. The van der Waals surface area contributed by atoms with E-state index in [1.807, 2.05) is 12.1 Å². The smallest absolute Gasteiger partial charge is 0.118 e. The maximum atomic E-state index is 10.2.